The van der Waals surface area contributed by atoms with E-state index in [9.17, 15) is 14.9 Å². The fourth-order valence-electron chi connectivity index (χ4n) is 2.22. The van der Waals surface area contributed by atoms with Crippen LogP contribution in [0, 0.1) is 10.1 Å². The van der Waals surface area contributed by atoms with Gasteiger partial charge in [-0.3, -0.25) is 14.9 Å². The number of carbonyl (C=O) groups is 1. The Kier molecular flexibility index (Phi) is 3.84. The number of amides is 1. The molecule has 1 aliphatic heterocycles. The summed E-state index contributed by atoms with van der Waals surface area (Å²) in [6.07, 6.45) is 2.40. The van der Waals surface area contributed by atoms with Crippen LogP contribution in [0.5, 0.6) is 0 Å². The van der Waals surface area contributed by atoms with Gasteiger partial charge in [-0.15, -0.1) is 0 Å². The van der Waals surface area contributed by atoms with Crippen LogP contribution in [0.25, 0.3) is 0 Å². The Morgan fingerprint density at radius 1 is 1.53 bits per heavy atom. The molecule has 7 nitrogen and oxygen atoms in total. The second kappa shape index (κ2) is 5.40. The molecule has 0 radical (unpaired) electrons. The Balaban J connectivity index is 2.38. The molecular formula is C11H13ClN4O3. The lowest BCUT2D eigenvalue weighted by atomic mass is 10.0. The number of halogens is 1. The molecule has 0 saturated carbocycles. The maximum atomic E-state index is 11.4. The summed E-state index contributed by atoms with van der Waals surface area (Å²) in [7, 11) is 0. The zero-order valence-corrected chi connectivity index (χ0v) is 10.8. The minimum Gasteiger partial charge on any atom is -0.368 e. The number of piperidine rings is 1. The third-order valence-corrected chi connectivity index (χ3v) is 3.30. The second-order valence-corrected chi connectivity index (χ2v) is 4.76. The Labute approximate surface area is 114 Å². The molecule has 1 atom stereocenters. The quantitative estimate of drug-likeness (QED) is 0.514. The molecule has 1 aromatic rings. The number of primary amides is 1. The van der Waals surface area contributed by atoms with Gasteiger partial charge in [0.2, 0.25) is 5.91 Å². The van der Waals surface area contributed by atoms with Gasteiger partial charge in [0.25, 0.3) is 5.69 Å². The number of pyridine rings is 1. The minimum absolute atomic E-state index is 0.0259. The van der Waals surface area contributed by atoms with Crippen molar-refractivity contribution in [1.29, 1.82) is 0 Å². The summed E-state index contributed by atoms with van der Waals surface area (Å²) in [6, 6.07) is 2.00. The third kappa shape index (κ3) is 2.93. The first-order chi connectivity index (χ1) is 8.99. The number of nitrogens with zero attached hydrogens (tertiary/aromatic N) is 3. The molecule has 8 heteroatoms. The second-order valence-electron chi connectivity index (χ2n) is 4.37. The van der Waals surface area contributed by atoms with Gasteiger partial charge in [0.15, 0.2) is 0 Å². The summed E-state index contributed by atoms with van der Waals surface area (Å²) in [4.78, 5) is 27.4. The molecule has 0 aliphatic carbocycles. The van der Waals surface area contributed by atoms with E-state index in [2.05, 4.69) is 4.98 Å². The molecule has 1 aliphatic rings. The molecule has 1 fully saturated rings. The number of hydrogen-bond donors (Lipinski definition) is 1. The zero-order valence-electron chi connectivity index (χ0n) is 10.1. The van der Waals surface area contributed by atoms with E-state index in [1.165, 1.54) is 12.1 Å². The molecule has 0 spiro atoms. The molecule has 2 rings (SSSR count). The number of nitrogens with two attached hydrogens (primary N) is 1. The zero-order chi connectivity index (χ0) is 14.0. The van der Waals surface area contributed by atoms with Crippen LogP contribution in [0.4, 0.5) is 11.5 Å². The van der Waals surface area contributed by atoms with Crippen LogP contribution in [-0.4, -0.2) is 28.4 Å². The van der Waals surface area contributed by atoms with Gasteiger partial charge in [-0.05, 0) is 19.3 Å². The van der Waals surface area contributed by atoms with E-state index in [1.54, 1.807) is 4.90 Å². The normalized spacial score (nSPS) is 19.2. The molecule has 0 aromatic carbocycles. The Morgan fingerprint density at radius 3 is 2.89 bits per heavy atom. The molecule has 1 aromatic heterocycles. The summed E-state index contributed by atoms with van der Waals surface area (Å²) in [6.45, 7) is 0.581. The molecule has 19 heavy (non-hydrogen) atoms. The van der Waals surface area contributed by atoms with Crippen molar-refractivity contribution in [2.24, 2.45) is 5.73 Å². The first-order valence-corrected chi connectivity index (χ1v) is 6.25. The Morgan fingerprint density at radius 2 is 2.26 bits per heavy atom. The number of anilines is 1. The number of hydrogen-bond acceptors (Lipinski definition) is 5. The first-order valence-electron chi connectivity index (χ1n) is 5.87. The minimum atomic E-state index is -0.541. The van der Waals surface area contributed by atoms with Crippen molar-refractivity contribution in [3.63, 3.8) is 0 Å². The number of rotatable bonds is 3. The monoisotopic (exact) mass is 284 g/mol. The average molecular weight is 285 g/mol. The Hall–Kier alpha value is -1.89. The van der Waals surface area contributed by atoms with Crippen molar-refractivity contribution < 1.29 is 9.72 Å². The van der Waals surface area contributed by atoms with E-state index >= 15 is 0 Å². The van der Waals surface area contributed by atoms with Crippen LogP contribution in [0.3, 0.4) is 0 Å². The Bertz CT molecular complexity index is 523. The first kappa shape index (κ1) is 13.5. The fourth-order valence-corrected chi connectivity index (χ4v) is 2.42. The average Bonchev–Trinajstić information content (AvgIpc) is 2.37. The van der Waals surface area contributed by atoms with Crippen LogP contribution in [0.1, 0.15) is 19.3 Å². The van der Waals surface area contributed by atoms with E-state index in [4.69, 9.17) is 17.3 Å². The van der Waals surface area contributed by atoms with Crippen LogP contribution >= 0.6 is 11.6 Å². The van der Waals surface area contributed by atoms with Gasteiger partial charge in [0.05, 0.1) is 17.1 Å². The lowest BCUT2D eigenvalue weighted by Gasteiger charge is -2.34. The molecule has 1 amide bonds. The van der Waals surface area contributed by atoms with E-state index in [0.717, 1.165) is 12.8 Å². The van der Waals surface area contributed by atoms with Gasteiger partial charge in [-0.1, -0.05) is 11.6 Å². The molecule has 102 valence electrons. The van der Waals surface area contributed by atoms with Crippen molar-refractivity contribution in [1.82, 2.24) is 4.98 Å². The highest BCUT2D eigenvalue weighted by Gasteiger charge is 2.29. The van der Waals surface area contributed by atoms with Gasteiger partial charge in [-0.25, -0.2) is 4.98 Å². The van der Waals surface area contributed by atoms with Gasteiger partial charge in [0, 0.05) is 6.54 Å². The topological polar surface area (TPSA) is 102 Å². The van der Waals surface area contributed by atoms with Crippen LogP contribution < -0.4 is 10.6 Å². The third-order valence-electron chi connectivity index (χ3n) is 3.10. The summed E-state index contributed by atoms with van der Waals surface area (Å²) in [5.74, 6) is -0.133. The van der Waals surface area contributed by atoms with Crippen molar-refractivity contribution in [3.8, 4) is 0 Å². The van der Waals surface area contributed by atoms with Crippen molar-refractivity contribution >= 4 is 29.0 Å². The van der Waals surface area contributed by atoms with Crippen molar-refractivity contribution in [2.75, 3.05) is 11.4 Å². The van der Waals surface area contributed by atoms with Gasteiger partial charge in [0.1, 0.15) is 17.0 Å². The lowest BCUT2D eigenvalue weighted by Crippen LogP contribution is -2.48. The summed E-state index contributed by atoms with van der Waals surface area (Å²) in [5.41, 5.74) is 5.21. The van der Waals surface area contributed by atoms with Gasteiger partial charge in [-0.2, -0.15) is 0 Å². The largest absolute Gasteiger partial charge is 0.368 e. The van der Waals surface area contributed by atoms with E-state index in [0.29, 0.717) is 18.8 Å². The predicted molar refractivity (Wildman–Crippen MR) is 70.1 cm³/mol. The maximum Gasteiger partial charge on any atom is 0.276 e. The van der Waals surface area contributed by atoms with E-state index in [1.807, 2.05) is 0 Å². The number of nitro groups is 1. The standard InChI is InChI=1S/C11H13ClN4O3/c12-9-5-7(16(18)19)6-10(14-9)15-4-2-1-3-8(15)11(13)17/h5-6,8H,1-4H2,(H2,13,17). The number of aromatic nitrogens is 1. The van der Waals surface area contributed by atoms with E-state index in [-0.39, 0.29) is 10.8 Å². The molecule has 1 unspecified atom stereocenters. The van der Waals surface area contributed by atoms with E-state index < -0.39 is 16.9 Å². The number of carbonyl (C=O) groups excluding carboxylic acids is 1. The predicted octanol–water partition coefficient (Wildman–Crippen LogP) is 1.49. The SMILES string of the molecule is NC(=O)C1CCCCN1c1cc([N+](=O)[O-])cc(Cl)n1. The smallest absolute Gasteiger partial charge is 0.276 e. The highest BCUT2D eigenvalue weighted by Crippen LogP contribution is 2.28. The summed E-state index contributed by atoms with van der Waals surface area (Å²) in [5, 5.41) is 10.8. The van der Waals surface area contributed by atoms with Crippen molar-refractivity contribution in [3.05, 3.63) is 27.4 Å². The van der Waals surface area contributed by atoms with Gasteiger partial charge >= 0.3 is 0 Å². The fraction of sp³-hybridized carbons (Fsp3) is 0.455. The molecule has 2 N–H and O–H groups in total. The molecule has 1 saturated heterocycles. The highest BCUT2D eigenvalue weighted by atomic mass is 35.5. The van der Waals surface area contributed by atoms with Crippen LogP contribution in [0.2, 0.25) is 5.15 Å². The summed E-state index contributed by atoms with van der Waals surface area (Å²) >= 11 is 5.78. The van der Waals surface area contributed by atoms with Crippen LogP contribution in [0.15, 0.2) is 12.1 Å². The highest BCUT2D eigenvalue weighted by molar-refractivity contribution is 6.29. The summed E-state index contributed by atoms with van der Waals surface area (Å²) < 4.78 is 0. The maximum absolute atomic E-state index is 11.4. The van der Waals surface area contributed by atoms with Crippen LogP contribution in [-0.2, 0) is 4.79 Å². The van der Waals surface area contributed by atoms with Crippen molar-refractivity contribution in [2.45, 2.75) is 25.3 Å². The molecule has 0 bridgehead atoms. The lowest BCUT2D eigenvalue weighted by molar-refractivity contribution is -0.384. The molecular weight excluding hydrogens is 272 g/mol. The molecule has 2 heterocycles. The van der Waals surface area contributed by atoms with Gasteiger partial charge < -0.3 is 10.6 Å².